The molecule has 0 saturated carbocycles. The second-order valence-corrected chi connectivity index (χ2v) is 3.87. The minimum absolute atomic E-state index is 0.0473. The zero-order valence-electron chi connectivity index (χ0n) is 11.3. The molecule has 0 spiro atoms. The SMILES string of the molecule is C=C(C)C(=O)OCCO.NCCCCC(N)C(=O)O. The molecular formula is C12H24N2O5. The van der Waals surface area contributed by atoms with Crippen molar-refractivity contribution in [2.75, 3.05) is 19.8 Å². The van der Waals surface area contributed by atoms with E-state index in [4.69, 9.17) is 21.7 Å². The van der Waals surface area contributed by atoms with Gasteiger partial charge in [0.25, 0.3) is 0 Å². The number of hydrogen-bond donors (Lipinski definition) is 4. The minimum atomic E-state index is -0.933. The van der Waals surface area contributed by atoms with E-state index in [1.54, 1.807) is 6.92 Å². The highest BCUT2D eigenvalue weighted by atomic mass is 16.5. The molecule has 0 bridgehead atoms. The summed E-state index contributed by atoms with van der Waals surface area (Å²) < 4.78 is 4.46. The Morgan fingerprint density at radius 2 is 1.95 bits per heavy atom. The smallest absolute Gasteiger partial charge is 0.333 e. The van der Waals surface area contributed by atoms with E-state index in [9.17, 15) is 9.59 Å². The van der Waals surface area contributed by atoms with Crippen molar-refractivity contribution >= 4 is 11.9 Å². The van der Waals surface area contributed by atoms with Gasteiger partial charge >= 0.3 is 11.9 Å². The molecule has 1 atom stereocenters. The average Bonchev–Trinajstić information content (AvgIpc) is 2.36. The molecule has 0 aliphatic heterocycles. The fourth-order valence-corrected chi connectivity index (χ4v) is 0.894. The Balaban J connectivity index is 0. The Kier molecular flexibility index (Phi) is 13.6. The van der Waals surface area contributed by atoms with Crippen molar-refractivity contribution in [2.24, 2.45) is 11.5 Å². The summed E-state index contributed by atoms with van der Waals surface area (Å²) >= 11 is 0. The Labute approximate surface area is 113 Å². The van der Waals surface area contributed by atoms with Crippen LogP contribution in [0.3, 0.4) is 0 Å². The number of nitrogens with two attached hydrogens (primary N) is 2. The van der Waals surface area contributed by atoms with Crippen LogP contribution in [0.15, 0.2) is 12.2 Å². The van der Waals surface area contributed by atoms with Crippen LogP contribution in [0.1, 0.15) is 26.2 Å². The molecule has 112 valence electrons. The summed E-state index contributed by atoms with van der Waals surface area (Å²) in [7, 11) is 0. The number of rotatable bonds is 8. The van der Waals surface area contributed by atoms with Gasteiger partial charge in [0.2, 0.25) is 0 Å². The largest absolute Gasteiger partial charge is 0.480 e. The molecule has 7 heteroatoms. The van der Waals surface area contributed by atoms with E-state index in [0.717, 1.165) is 12.8 Å². The molecule has 0 rings (SSSR count). The Hall–Kier alpha value is -1.44. The number of aliphatic carboxylic acids is 1. The standard InChI is InChI=1S/C6H14N2O2.C6H10O3/c7-4-2-1-3-5(8)6(9)10;1-5(2)6(8)9-4-3-7/h5H,1-4,7-8H2,(H,9,10);7H,1,3-4H2,2H3. The molecule has 1 unspecified atom stereocenters. The number of aliphatic hydroxyl groups is 1. The number of carboxylic acid groups (broad SMARTS) is 1. The van der Waals surface area contributed by atoms with Crippen LogP contribution in [0, 0.1) is 0 Å². The zero-order chi connectivity index (χ0) is 15.3. The lowest BCUT2D eigenvalue weighted by molar-refractivity contribution is -0.140. The summed E-state index contributed by atoms with van der Waals surface area (Å²) in [5, 5.41) is 16.5. The van der Waals surface area contributed by atoms with E-state index in [2.05, 4.69) is 11.3 Å². The number of aliphatic hydroxyl groups excluding tert-OH is 1. The predicted octanol–water partition coefficient (Wildman–Crippen LogP) is -0.375. The van der Waals surface area contributed by atoms with E-state index in [1.807, 2.05) is 0 Å². The number of carboxylic acids is 1. The van der Waals surface area contributed by atoms with E-state index in [-0.39, 0.29) is 13.2 Å². The number of hydrogen-bond acceptors (Lipinski definition) is 6. The molecule has 0 fully saturated rings. The van der Waals surface area contributed by atoms with Crippen LogP contribution in [0.2, 0.25) is 0 Å². The molecular weight excluding hydrogens is 252 g/mol. The number of unbranched alkanes of at least 4 members (excludes halogenated alkanes) is 1. The van der Waals surface area contributed by atoms with Crippen LogP contribution >= 0.6 is 0 Å². The van der Waals surface area contributed by atoms with Crippen molar-refractivity contribution in [3.8, 4) is 0 Å². The van der Waals surface area contributed by atoms with Crippen LogP contribution < -0.4 is 11.5 Å². The molecule has 0 aromatic carbocycles. The highest BCUT2D eigenvalue weighted by Gasteiger charge is 2.09. The summed E-state index contributed by atoms with van der Waals surface area (Å²) in [4.78, 5) is 20.6. The van der Waals surface area contributed by atoms with Crippen molar-refractivity contribution < 1.29 is 24.5 Å². The third-order valence-corrected chi connectivity index (χ3v) is 1.96. The van der Waals surface area contributed by atoms with Gasteiger partial charge in [-0.25, -0.2) is 4.79 Å². The van der Waals surface area contributed by atoms with Crippen molar-refractivity contribution in [3.05, 3.63) is 12.2 Å². The lowest BCUT2D eigenvalue weighted by atomic mass is 10.1. The first-order chi connectivity index (χ1) is 8.86. The highest BCUT2D eigenvalue weighted by Crippen LogP contribution is 1.97. The van der Waals surface area contributed by atoms with Gasteiger partial charge in [0.1, 0.15) is 12.6 Å². The van der Waals surface area contributed by atoms with E-state index >= 15 is 0 Å². The third kappa shape index (κ3) is 14.5. The summed E-state index contributed by atoms with van der Waals surface area (Å²) in [6.07, 6.45) is 2.16. The normalized spacial score (nSPS) is 10.9. The molecule has 0 saturated heterocycles. The quantitative estimate of drug-likeness (QED) is 0.269. The highest BCUT2D eigenvalue weighted by molar-refractivity contribution is 5.86. The summed E-state index contributed by atoms with van der Waals surface area (Å²) in [5.41, 5.74) is 10.8. The number of carbonyl (C=O) groups excluding carboxylic acids is 1. The van der Waals surface area contributed by atoms with Gasteiger partial charge in [-0.2, -0.15) is 0 Å². The second-order valence-electron chi connectivity index (χ2n) is 3.87. The minimum Gasteiger partial charge on any atom is -0.480 e. The molecule has 0 aliphatic rings. The first-order valence-corrected chi connectivity index (χ1v) is 5.98. The molecule has 19 heavy (non-hydrogen) atoms. The number of esters is 1. The maximum absolute atomic E-state index is 10.5. The zero-order valence-corrected chi connectivity index (χ0v) is 11.3. The molecule has 0 heterocycles. The average molecular weight is 276 g/mol. The van der Waals surface area contributed by atoms with Gasteiger partial charge in [0.05, 0.1) is 6.61 Å². The number of ether oxygens (including phenoxy) is 1. The fraction of sp³-hybridized carbons (Fsp3) is 0.667. The second kappa shape index (κ2) is 13.0. The van der Waals surface area contributed by atoms with Crippen LogP contribution in [0.4, 0.5) is 0 Å². The molecule has 0 aromatic heterocycles. The van der Waals surface area contributed by atoms with Crippen molar-refractivity contribution in [3.63, 3.8) is 0 Å². The van der Waals surface area contributed by atoms with Gasteiger partial charge in [-0.1, -0.05) is 13.0 Å². The first-order valence-electron chi connectivity index (χ1n) is 5.98. The van der Waals surface area contributed by atoms with Gasteiger partial charge in [0, 0.05) is 5.57 Å². The van der Waals surface area contributed by atoms with E-state index in [1.165, 1.54) is 0 Å². The van der Waals surface area contributed by atoms with E-state index < -0.39 is 18.0 Å². The first kappa shape index (κ1) is 19.9. The Bertz CT molecular complexity index is 281. The van der Waals surface area contributed by atoms with Crippen LogP contribution in [-0.4, -0.2) is 48.0 Å². The Morgan fingerprint density at radius 3 is 2.32 bits per heavy atom. The molecule has 7 nitrogen and oxygen atoms in total. The van der Waals surface area contributed by atoms with Crippen molar-refractivity contribution in [1.82, 2.24) is 0 Å². The van der Waals surface area contributed by atoms with E-state index in [0.29, 0.717) is 18.5 Å². The van der Waals surface area contributed by atoms with Gasteiger partial charge in [-0.05, 0) is 26.3 Å². The van der Waals surface area contributed by atoms with Gasteiger partial charge in [-0.3, -0.25) is 4.79 Å². The maximum atomic E-state index is 10.5. The summed E-state index contributed by atoms with van der Waals surface area (Å²) in [6, 6.07) is -0.716. The van der Waals surface area contributed by atoms with Crippen LogP contribution in [-0.2, 0) is 14.3 Å². The lowest BCUT2D eigenvalue weighted by Crippen LogP contribution is -2.29. The van der Waals surface area contributed by atoms with Gasteiger partial charge < -0.3 is 26.4 Å². The third-order valence-electron chi connectivity index (χ3n) is 1.96. The topological polar surface area (TPSA) is 136 Å². The summed E-state index contributed by atoms with van der Waals surface area (Å²) in [6.45, 7) is 5.42. The van der Waals surface area contributed by atoms with Gasteiger partial charge in [-0.15, -0.1) is 0 Å². The monoisotopic (exact) mass is 276 g/mol. The summed E-state index contributed by atoms with van der Waals surface area (Å²) in [5.74, 6) is -1.39. The molecule has 0 aliphatic carbocycles. The predicted molar refractivity (Wildman–Crippen MR) is 71.4 cm³/mol. The molecule has 0 amide bonds. The number of carbonyl (C=O) groups is 2. The van der Waals surface area contributed by atoms with Crippen molar-refractivity contribution in [1.29, 1.82) is 0 Å². The molecule has 0 radical (unpaired) electrons. The fourth-order valence-electron chi connectivity index (χ4n) is 0.894. The lowest BCUT2D eigenvalue weighted by Gasteiger charge is -2.03. The van der Waals surface area contributed by atoms with Crippen LogP contribution in [0.25, 0.3) is 0 Å². The van der Waals surface area contributed by atoms with Crippen molar-refractivity contribution in [2.45, 2.75) is 32.2 Å². The Morgan fingerprint density at radius 1 is 1.37 bits per heavy atom. The van der Waals surface area contributed by atoms with Crippen LogP contribution in [0.5, 0.6) is 0 Å². The maximum Gasteiger partial charge on any atom is 0.333 e. The molecule has 6 N–H and O–H groups in total. The van der Waals surface area contributed by atoms with Gasteiger partial charge in [0.15, 0.2) is 0 Å². The molecule has 0 aromatic rings.